The molecule has 0 heterocycles. The molecule has 0 aromatic carbocycles. The van der Waals surface area contributed by atoms with Crippen molar-refractivity contribution in [3.8, 4) is 0 Å². The van der Waals surface area contributed by atoms with E-state index in [1.807, 2.05) is 21.1 Å². The Morgan fingerprint density at radius 1 is 1.27 bits per heavy atom. The molecule has 0 fully saturated rings. The lowest BCUT2D eigenvalue weighted by Crippen LogP contribution is -2.31. The molecule has 0 spiro atoms. The average molecular weight is 213 g/mol. The van der Waals surface area contributed by atoms with Gasteiger partial charge in [-0.05, 0) is 21.1 Å². The van der Waals surface area contributed by atoms with Crippen LogP contribution in [0.25, 0.3) is 4.85 Å². The minimum absolute atomic E-state index is 0.179. The van der Waals surface area contributed by atoms with Gasteiger partial charge in [0, 0.05) is 19.6 Å². The number of esters is 1. The van der Waals surface area contributed by atoms with E-state index in [9.17, 15) is 4.79 Å². The highest BCUT2D eigenvalue weighted by atomic mass is 16.5. The number of ether oxygens (including phenoxy) is 1. The molecule has 0 rings (SSSR count). The van der Waals surface area contributed by atoms with Crippen LogP contribution in [0.1, 0.15) is 0 Å². The molecule has 0 aromatic rings. The molecule has 0 aliphatic carbocycles. The Morgan fingerprint density at radius 2 is 1.93 bits per heavy atom. The maximum Gasteiger partial charge on any atom is 0.387 e. The van der Waals surface area contributed by atoms with Gasteiger partial charge in [0.1, 0.15) is 6.61 Å². The summed E-state index contributed by atoms with van der Waals surface area (Å²) in [6.07, 6.45) is 0. The number of likely N-dealkylation sites (N-methyl/N-ethyl adjacent to an activating group) is 2. The maximum absolute atomic E-state index is 10.8. The first-order valence-corrected chi connectivity index (χ1v) is 4.88. The number of hydrogen-bond acceptors (Lipinski definition) is 4. The van der Waals surface area contributed by atoms with E-state index in [0.29, 0.717) is 13.2 Å². The molecule has 15 heavy (non-hydrogen) atoms. The van der Waals surface area contributed by atoms with Crippen molar-refractivity contribution in [3.05, 3.63) is 11.4 Å². The number of hydrogen-bond donors (Lipinski definition) is 0. The zero-order chi connectivity index (χ0) is 11.7. The second-order valence-electron chi connectivity index (χ2n) is 3.64. The summed E-state index contributed by atoms with van der Waals surface area (Å²) in [5.74, 6) is -0.439. The van der Waals surface area contributed by atoms with Gasteiger partial charge in [0.05, 0.1) is 0 Å². The van der Waals surface area contributed by atoms with Crippen LogP contribution in [-0.2, 0) is 9.53 Å². The van der Waals surface area contributed by atoms with E-state index in [2.05, 4.69) is 14.6 Å². The zero-order valence-electron chi connectivity index (χ0n) is 9.69. The first-order chi connectivity index (χ1) is 7.06. The van der Waals surface area contributed by atoms with Crippen LogP contribution in [0.4, 0.5) is 0 Å². The fraction of sp³-hybridized carbons (Fsp3) is 0.800. The lowest BCUT2D eigenvalue weighted by atomic mass is 10.5. The number of carbonyl (C=O) groups excluding carboxylic acids is 1. The number of carbonyl (C=O) groups is 1. The van der Waals surface area contributed by atoms with Crippen molar-refractivity contribution in [2.75, 3.05) is 53.9 Å². The molecule has 86 valence electrons. The Bertz CT molecular complexity index is 223. The van der Waals surface area contributed by atoms with E-state index in [1.165, 1.54) is 0 Å². The van der Waals surface area contributed by atoms with Crippen molar-refractivity contribution in [1.29, 1.82) is 0 Å². The van der Waals surface area contributed by atoms with Crippen LogP contribution in [0.2, 0.25) is 0 Å². The summed E-state index contributed by atoms with van der Waals surface area (Å²) in [4.78, 5) is 18.0. The predicted octanol–water partition coefficient (Wildman–Crippen LogP) is -0.0577. The number of nitrogens with zero attached hydrogens (tertiary/aromatic N) is 3. The Kier molecular flexibility index (Phi) is 7.60. The fourth-order valence-corrected chi connectivity index (χ4v) is 0.908. The van der Waals surface area contributed by atoms with Crippen LogP contribution in [0.15, 0.2) is 0 Å². The summed E-state index contributed by atoms with van der Waals surface area (Å²) in [7, 11) is 6.01. The zero-order valence-corrected chi connectivity index (χ0v) is 9.69. The van der Waals surface area contributed by atoms with E-state index in [4.69, 9.17) is 11.3 Å². The molecule has 0 N–H and O–H groups in total. The third-order valence-corrected chi connectivity index (χ3v) is 1.87. The van der Waals surface area contributed by atoms with Gasteiger partial charge in [-0.3, -0.25) is 0 Å². The van der Waals surface area contributed by atoms with Crippen molar-refractivity contribution < 1.29 is 9.53 Å². The molecule has 0 aliphatic rings. The smallest absolute Gasteiger partial charge is 0.387 e. The van der Waals surface area contributed by atoms with Crippen molar-refractivity contribution in [2.24, 2.45) is 0 Å². The van der Waals surface area contributed by atoms with Crippen LogP contribution in [-0.4, -0.2) is 69.7 Å². The topological polar surface area (TPSA) is 37.1 Å². The SMILES string of the molecule is [C-]#[N+]CC(=O)OCCN(C)CCN(C)C. The molecule has 5 nitrogen and oxygen atoms in total. The third-order valence-electron chi connectivity index (χ3n) is 1.87. The second kappa shape index (κ2) is 8.21. The summed E-state index contributed by atoms with van der Waals surface area (Å²) in [5, 5.41) is 0. The van der Waals surface area contributed by atoms with Crippen LogP contribution in [0.5, 0.6) is 0 Å². The molecule has 5 heteroatoms. The lowest BCUT2D eigenvalue weighted by Gasteiger charge is -2.18. The molecule has 0 atom stereocenters. The minimum atomic E-state index is -0.439. The summed E-state index contributed by atoms with van der Waals surface area (Å²) < 4.78 is 4.85. The van der Waals surface area contributed by atoms with Crippen molar-refractivity contribution in [3.63, 3.8) is 0 Å². The van der Waals surface area contributed by atoms with Gasteiger partial charge in [-0.25, -0.2) is 11.4 Å². The minimum Gasteiger partial charge on any atom is -0.459 e. The first kappa shape index (κ1) is 13.9. The summed E-state index contributed by atoms with van der Waals surface area (Å²) >= 11 is 0. The van der Waals surface area contributed by atoms with E-state index in [-0.39, 0.29) is 6.54 Å². The summed E-state index contributed by atoms with van der Waals surface area (Å²) in [5.41, 5.74) is 0. The molecule has 0 bridgehead atoms. The lowest BCUT2D eigenvalue weighted by molar-refractivity contribution is -0.141. The molecule has 0 amide bonds. The Morgan fingerprint density at radius 3 is 2.47 bits per heavy atom. The third kappa shape index (κ3) is 9.19. The van der Waals surface area contributed by atoms with Crippen LogP contribution >= 0.6 is 0 Å². The highest BCUT2D eigenvalue weighted by Crippen LogP contribution is 1.86. The molecule has 0 saturated heterocycles. The van der Waals surface area contributed by atoms with Gasteiger partial charge in [-0.1, -0.05) is 0 Å². The maximum atomic E-state index is 10.8. The van der Waals surface area contributed by atoms with Gasteiger partial charge in [0.2, 0.25) is 0 Å². The van der Waals surface area contributed by atoms with Gasteiger partial charge >= 0.3 is 12.5 Å². The molecular weight excluding hydrogens is 194 g/mol. The van der Waals surface area contributed by atoms with Crippen LogP contribution in [0.3, 0.4) is 0 Å². The molecule has 0 aliphatic heterocycles. The quantitative estimate of drug-likeness (QED) is 0.439. The molecular formula is C10H19N3O2. The standard InChI is InChI=1S/C10H19N3O2/c1-11-9-10(14)15-8-7-13(4)6-5-12(2)3/h5-9H2,2-4H3. The van der Waals surface area contributed by atoms with Gasteiger partial charge in [-0.15, -0.1) is 0 Å². The van der Waals surface area contributed by atoms with Crippen LogP contribution < -0.4 is 0 Å². The van der Waals surface area contributed by atoms with Crippen molar-refractivity contribution >= 4 is 5.97 Å². The number of rotatable bonds is 7. The molecule has 0 aromatic heterocycles. The summed E-state index contributed by atoms with van der Waals surface area (Å²) in [6.45, 7) is 9.28. The highest BCUT2D eigenvalue weighted by Gasteiger charge is 2.05. The fourth-order valence-electron chi connectivity index (χ4n) is 0.908. The monoisotopic (exact) mass is 213 g/mol. The second-order valence-corrected chi connectivity index (χ2v) is 3.64. The van der Waals surface area contributed by atoms with Gasteiger partial charge < -0.3 is 19.4 Å². The first-order valence-electron chi connectivity index (χ1n) is 4.88. The van der Waals surface area contributed by atoms with Crippen molar-refractivity contribution in [2.45, 2.75) is 0 Å². The molecule has 0 radical (unpaired) electrons. The predicted molar refractivity (Wildman–Crippen MR) is 58.5 cm³/mol. The van der Waals surface area contributed by atoms with Gasteiger partial charge in [-0.2, -0.15) is 0 Å². The van der Waals surface area contributed by atoms with Crippen LogP contribution in [0, 0.1) is 6.57 Å². The van der Waals surface area contributed by atoms with Gasteiger partial charge in [0.15, 0.2) is 0 Å². The Hall–Kier alpha value is -1.12. The van der Waals surface area contributed by atoms with E-state index in [0.717, 1.165) is 13.1 Å². The van der Waals surface area contributed by atoms with E-state index >= 15 is 0 Å². The summed E-state index contributed by atoms with van der Waals surface area (Å²) in [6, 6.07) is 0. The Balaban J connectivity index is 3.43. The highest BCUT2D eigenvalue weighted by molar-refractivity contribution is 5.73. The largest absolute Gasteiger partial charge is 0.459 e. The van der Waals surface area contributed by atoms with Gasteiger partial charge in [0.25, 0.3) is 0 Å². The van der Waals surface area contributed by atoms with Crippen molar-refractivity contribution in [1.82, 2.24) is 9.80 Å². The molecule has 0 saturated carbocycles. The average Bonchev–Trinajstić information content (AvgIpc) is 2.15. The Labute approximate surface area is 91.4 Å². The van der Waals surface area contributed by atoms with E-state index < -0.39 is 5.97 Å². The normalized spacial score (nSPS) is 10.4. The molecule has 0 unspecified atom stereocenters. The van der Waals surface area contributed by atoms with E-state index in [1.54, 1.807) is 0 Å².